The fourth-order valence-electron chi connectivity index (χ4n) is 1.71. The summed E-state index contributed by atoms with van der Waals surface area (Å²) in [6, 6.07) is 5.82. The highest BCUT2D eigenvalue weighted by atomic mass is 32.2. The molecule has 1 N–H and O–H groups in total. The van der Waals surface area contributed by atoms with Gasteiger partial charge in [-0.1, -0.05) is 6.07 Å². The molecule has 108 valence electrons. The van der Waals surface area contributed by atoms with Crippen molar-refractivity contribution in [1.29, 1.82) is 0 Å². The molecule has 0 radical (unpaired) electrons. The molecule has 1 aliphatic heterocycles. The van der Waals surface area contributed by atoms with Crippen LogP contribution < -0.4 is 4.72 Å². The second kappa shape index (κ2) is 5.49. The summed E-state index contributed by atoms with van der Waals surface area (Å²) in [6.45, 7) is 0.229. The summed E-state index contributed by atoms with van der Waals surface area (Å²) in [7, 11) is -3.43. The molecule has 2 rings (SSSR count). The largest absolute Gasteiger partial charge is 0.463 e. The molecule has 0 aliphatic carbocycles. The average Bonchev–Trinajstić information content (AvgIpc) is 2.73. The van der Waals surface area contributed by atoms with E-state index in [9.17, 15) is 18.0 Å². The van der Waals surface area contributed by atoms with E-state index in [2.05, 4.69) is 9.46 Å². The zero-order valence-corrected chi connectivity index (χ0v) is 11.5. The molecule has 8 heteroatoms. The van der Waals surface area contributed by atoms with Crippen molar-refractivity contribution in [2.24, 2.45) is 0 Å². The molecule has 1 heterocycles. The third kappa shape index (κ3) is 3.70. The first-order valence-electron chi connectivity index (χ1n) is 5.80. The van der Waals surface area contributed by atoms with Gasteiger partial charge in [0.15, 0.2) is 0 Å². The van der Waals surface area contributed by atoms with Gasteiger partial charge in [0.25, 0.3) is 0 Å². The molecule has 1 atom stereocenters. The first-order valence-corrected chi connectivity index (χ1v) is 7.70. The Morgan fingerprint density at radius 3 is 2.80 bits per heavy atom. The van der Waals surface area contributed by atoms with Gasteiger partial charge in [0.2, 0.25) is 16.1 Å². The van der Waals surface area contributed by atoms with E-state index in [0.29, 0.717) is 6.42 Å². The number of esters is 2. The zero-order valence-electron chi connectivity index (χ0n) is 10.7. The highest BCUT2D eigenvalue weighted by molar-refractivity contribution is 7.92. The number of anilines is 1. The maximum Gasteiger partial charge on any atom is 0.347 e. The number of benzene rings is 1. The first kappa shape index (κ1) is 14.3. The summed E-state index contributed by atoms with van der Waals surface area (Å²) in [5, 5.41) is 0. The molecule has 0 saturated carbocycles. The lowest BCUT2D eigenvalue weighted by Gasteiger charge is -2.09. The Hall–Kier alpha value is -2.09. The Labute approximate surface area is 115 Å². The van der Waals surface area contributed by atoms with Crippen LogP contribution in [0.25, 0.3) is 0 Å². The topological polar surface area (TPSA) is 98.8 Å². The van der Waals surface area contributed by atoms with E-state index in [1.54, 1.807) is 0 Å². The molecule has 1 aliphatic rings. The molecular formula is C12H13NO6S. The Morgan fingerprint density at radius 1 is 1.45 bits per heavy atom. The standard InChI is InChI=1S/C12H13NO6S/c1-20(16,17)13-9-4-2-3-8(7-9)11(14)19-10-5-6-18-12(10)15/h2-4,7,10,13H,5-6H2,1H3/t10-/m1/s1. The van der Waals surface area contributed by atoms with E-state index in [1.807, 2.05) is 0 Å². The van der Waals surface area contributed by atoms with Gasteiger partial charge in [0.05, 0.1) is 18.4 Å². The monoisotopic (exact) mass is 299 g/mol. The van der Waals surface area contributed by atoms with Crippen LogP contribution in [0.1, 0.15) is 16.8 Å². The summed E-state index contributed by atoms with van der Waals surface area (Å²) in [6.07, 6.45) is 0.437. The Kier molecular flexibility index (Phi) is 3.93. The number of ether oxygens (including phenoxy) is 2. The van der Waals surface area contributed by atoms with E-state index in [4.69, 9.17) is 4.74 Å². The van der Waals surface area contributed by atoms with Gasteiger partial charge in [0, 0.05) is 12.1 Å². The lowest BCUT2D eigenvalue weighted by molar-refractivity contribution is -0.145. The van der Waals surface area contributed by atoms with Gasteiger partial charge >= 0.3 is 11.9 Å². The molecule has 0 amide bonds. The average molecular weight is 299 g/mol. The maximum absolute atomic E-state index is 11.9. The van der Waals surface area contributed by atoms with Crippen molar-refractivity contribution in [2.45, 2.75) is 12.5 Å². The van der Waals surface area contributed by atoms with Gasteiger partial charge < -0.3 is 9.47 Å². The van der Waals surface area contributed by atoms with Gasteiger partial charge in [-0.2, -0.15) is 0 Å². The third-order valence-electron chi connectivity index (χ3n) is 2.54. The second-order valence-corrected chi connectivity index (χ2v) is 6.05. The smallest absolute Gasteiger partial charge is 0.347 e. The molecule has 0 unspecified atom stereocenters. The van der Waals surface area contributed by atoms with Gasteiger partial charge in [-0.05, 0) is 18.2 Å². The molecule has 1 fully saturated rings. The fraction of sp³-hybridized carbons (Fsp3) is 0.333. The predicted molar refractivity (Wildman–Crippen MR) is 69.7 cm³/mol. The first-order chi connectivity index (χ1) is 9.35. The minimum atomic E-state index is -3.43. The number of carbonyl (C=O) groups is 2. The minimum Gasteiger partial charge on any atom is -0.463 e. The third-order valence-corrected chi connectivity index (χ3v) is 3.14. The molecule has 0 aromatic heterocycles. The number of hydrogen-bond donors (Lipinski definition) is 1. The number of carbonyl (C=O) groups excluding carboxylic acids is 2. The summed E-state index contributed by atoms with van der Waals surface area (Å²) >= 11 is 0. The highest BCUT2D eigenvalue weighted by Crippen LogP contribution is 2.16. The maximum atomic E-state index is 11.9. The SMILES string of the molecule is CS(=O)(=O)Nc1cccc(C(=O)O[C@@H]2CCOC2=O)c1. The van der Waals surface area contributed by atoms with Crippen LogP contribution in [-0.4, -0.2) is 39.3 Å². The molecule has 0 bridgehead atoms. The van der Waals surface area contributed by atoms with Crippen molar-refractivity contribution in [3.05, 3.63) is 29.8 Å². The van der Waals surface area contributed by atoms with Crippen LogP contribution in [0.4, 0.5) is 5.69 Å². The minimum absolute atomic E-state index is 0.151. The summed E-state index contributed by atoms with van der Waals surface area (Å²) in [4.78, 5) is 23.1. The lowest BCUT2D eigenvalue weighted by Crippen LogP contribution is -2.22. The Balaban J connectivity index is 2.10. The second-order valence-electron chi connectivity index (χ2n) is 4.31. The Bertz CT molecular complexity index is 639. The molecule has 20 heavy (non-hydrogen) atoms. The van der Waals surface area contributed by atoms with Gasteiger partial charge in [-0.15, -0.1) is 0 Å². The van der Waals surface area contributed by atoms with Crippen LogP contribution in [-0.2, 0) is 24.3 Å². The molecule has 1 aromatic carbocycles. The van der Waals surface area contributed by atoms with Crippen molar-refractivity contribution in [3.63, 3.8) is 0 Å². The Morgan fingerprint density at radius 2 is 2.20 bits per heavy atom. The molecular weight excluding hydrogens is 286 g/mol. The summed E-state index contributed by atoms with van der Waals surface area (Å²) in [5.74, 6) is -1.27. The molecule has 1 saturated heterocycles. The summed E-state index contributed by atoms with van der Waals surface area (Å²) < 4.78 is 34.2. The van der Waals surface area contributed by atoms with Crippen molar-refractivity contribution >= 4 is 27.6 Å². The fourth-order valence-corrected chi connectivity index (χ4v) is 2.26. The van der Waals surface area contributed by atoms with Crippen molar-refractivity contribution in [3.8, 4) is 0 Å². The van der Waals surface area contributed by atoms with E-state index >= 15 is 0 Å². The quantitative estimate of drug-likeness (QED) is 0.814. The number of nitrogens with one attached hydrogen (secondary N) is 1. The van der Waals surface area contributed by atoms with Gasteiger partial charge in [-0.3, -0.25) is 4.72 Å². The highest BCUT2D eigenvalue weighted by Gasteiger charge is 2.30. The molecule has 7 nitrogen and oxygen atoms in total. The van der Waals surface area contributed by atoms with E-state index in [-0.39, 0.29) is 17.9 Å². The summed E-state index contributed by atoms with van der Waals surface area (Å²) in [5.41, 5.74) is 0.397. The van der Waals surface area contributed by atoms with Crippen molar-refractivity contribution < 1.29 is 27.5 Å². The number of cyclic esters (lactones) is 1. The molecule has 1 aromatic rings. The van der Waals surface area contributed by atoms with Gasteiger partial charge in [0.1, 0.15) is 0 Å². The van der Waals surface area contributed by atoms with Crippen molar-refractivity contribution in [2.75, 3.05) is 17.6 Å². The van der Waals surface area contributed by atoms with E-state index in [0.717, 1.165) is 6.26 Å². The lowest BCUT2D eigenvalue weighted by atomic mass is 10.2. The van der Waals surface area contributed by atoms with Gasteiger partial charge in [-0.25, -0.2) is 18.0 Å². The zero-order chi connectivity index (χ0) is 14.8. The van der Waals surface area contributed by atoms with Crippen LogP contribution >= 0.6 is 0 Å². The van der Waals surface area contributed by atoms with Crippen LogP contribution in [0.15, 0.2) is 24.3 Å². The predicted octanol–water partition coefficient (Wildman–Crippen LogP) is 0.530. The number of sulfonamides is 1. The normalized spacial score (nSPS) is 18.4. The van der Waals surface area contributed by atoms with Crippen LogP contribution in [0.5, 0.6) is 0 Å². The molecule has 0 spiro atoms. The van der Waals surface area contributed by atoms with E-state index < -0.39 is 28.1 Å². The van der Waals surface area contributed by atoms with Crippen LogP contribution in [0.2, 0.25) is 0 Å². The van der Waals surface area contributed by atoms with E-state index in [1.165, 1.54) is 24.3 Å². The van der Waals surface area contributed by atoms with Crippen LogP contribution in [0.3, 0.4) is 0 Å². The van der Waals surface area contributed by atoms with Crippen LogP contribution in [0, 0.1) is 0 Å². The number of hydrogen-bond acceptors (Lipinski definition) is 6. The van der Waals surface area contributed by atoms with Crippen molar-refractivity contribution in [1.82, 2.24) is 0 Å². The number of rotatable bonds is 4.